The summed E-state index contributed by atoms with van der Waals surface area (Å²) in [5, 5.41) is 14.8. The standard InChI is InChI=1S/C27H32N2O5/c1-27(2,25(31)32)29-24(30)18-10-4-3-9-17(18)15-28-26(33)34-16-23-21-13-7-5-11-19(21)20-12-6-8-14-22(20)23/h5-8,11-14,17-18,23H,3-4,9-10,15-16H2,1-2H3,(H,28,33)(H,29,30)(H,31,32). The van der Waals surface area contributed by atoms with E-state index in [1.54, 1.807) is 0 Å². The first-order valence-corrected chi connectivity index (χ1v) is 11.9. The summed E-state index contributed by atoms with van der Waals surface area (Å²) < 4.78 is 5.61. The largest absolute Gasteiger partial charge is 0.480 e. The first-order valence-electron chi connectivity index (χ1n) is 11.9. The van der Waals surface area contributed by atoms with E-state index in [9.17, 15) is 19.5 Å². The summed E-state index contributed by atoms with van der Waals surface area (Å²) in [6.07, 6.45) is 2.86. The second kappa shape index (κ2) is 9.87. The number of nitrogens with one attached hydrogen (secondary N) is 2. The number of benzene rings is 2. The Bertz CT molecular complexity index is 1030. The lowest BCUT2D eigenvalue weighted by atomic mass is 9.78. The Morgan fingerprint density at radius 3 is 2.18 bits per heavy atom. The quantitative estimate of drug-likeness (QED) is 0.566. The number of rotatable bonds is 7. The van der Waals surface area contributed by atoms with Crippen molar-refractivity contribution in [1.82, 2.24) is 10.6 Å². The van der Waals surface area contributed by atoms with Crippen molar-refractivity contribution in [3.05, 3.63) is 59.7 Å². The predicted molar refractivity (Wildman–Crippen MR) is 128 cm³/mol. The van der Waals surface area contributed by atoms with Crippen molar-refractivity contribution < 1.29 is 24.2 Å². The number of carbonyl (C=O) groups is 3. The number of aliphatic carboxylic acids is 1. The fraction of sp³-hybridized carbons (Fsp3) is 0.444. The molecule has 1 saturated carbocycles. The van der Waals surface area contributed by atoms with Crippen LogP contribution in [0.15, 0.2) is 48.5 Å². The molecule has 7 heteroatoms. The zero-order valence-corrected chi connectivity index (χ0v) is 19.7. The van der Waals surface area contributed by atoms with Crippen LogP contribution in [0.3, 0.4) is 0 Å². The minimum atomic E-state index is -1.33. The molecule has 3 N–H and O–H groups in total. The molecule has 2 unspecified atom stereocenters. The highest BCUT2D eigenvalue weighted by atomic mass is 16.5. The normalized spacial score (nSPS) is 19.6. The summed E-state index contributed by atoms with van der Waals surface area (Å²) in [5.41, 5.74) is 3.32. The topological polar surface area (TPSA) is 105 Å². The maximum atomic E-state index is 12.8. The molecule has 0 radical (unpaired) electrons. The molecule has 2 atom stereocenters. The number of carboxylic acids is 1. The average molecular weight is 465 g/mol. The van der Waals surface area contributed by atoms with Crippen LogP contribution in [0.25, 0.3) is 11.1 Å². The van der Waals surface area contributed by atoms with E-state index in [1.165, 1.54) is 25.0 Å². The molecule has 1 fully saturated rings. The van der Waals surface area contributed by atoms with E-state index in [1.807, 2.05) is 24.3 Å². The molecule has 0 aliphatic heterocycles. The predicted octanol–water partition coefficient (Wildman–Crippen LogP) is 4.31. The van der Waals surface area contributed by atoms with Crippen molar-refractivity contribution in [2.24, 2.45) is 11.8 Å². The molecule has 2 aliphatic rings. The van der Waals surface area contributed by atoms with E-state index in [4.69, 9.17) is 4.74 Å². The van der Waals surface area contributed by atoms with Gasteiger partial charge in [0.1, 0.15) is 12.1 Å². The van der Waals surface area contributed by atoms with Crippen molar-refractivity contribution in [1.29, 1.82) is 0 Å². The maximum Gasteiger partial charge on any atom is 0.407 e. The van der Waals surface area contributed by atoms with Crippen molar-refractivity contribution >= 4 is 18.0 Å². The number of carboxylic acid groups (broad SMARTS) is 1. The molecule has 2 aliphatic carbocycles. The van der Waals surface area contributed by atoms with Gasteiger partial charge in [0.15, 0.2) is 0 Å². The van der Waals surface area contributed by atoms with Gasteiger partial charge in [-0.2, -0.15) is 0 Å². The SMILES string of the molecule is CC(C)(NC(=O)C1CCCCC1CNC(=O)OCC1c2ccccc2-c2ccccc21)C(=O)O. The van der Waals surface area contributed by atoms with Crippen LogP contribution in [0.5, 0.6) is 0 Å². The number of hydrogen-bond donors (Lipinski definition) is 3. The zero-order valence-electron chi connectivity index (χ0n) is 19.7. The highest BCUT2D eigenvalue weighted by Crippen LogP contribution is 2.44. The van der Waals surface area contributed by atoms with Gasteiger partial charge in [0.05, 0.1) is 0 Å². The molecular formula is C27H32N2O5. The van der Waals surface area contributed by atoms with E-state index < -0.39 is 17.6 Å². The van der Waals surface area contributed by atoms with E-state index in [0.717, 1.165) is 30.4 Å². The van der Waals surface area contributed by atoms with Gasteiger partial charge in [-0.3, -0.25) is 4.79 Å². The van der Waals surface area contributed by atoms with Gasteiger partial charge in [0.2, 0.25) is 5.91 Å². The molecule has 34 heavy (non-hydrogen) atoms. The van der Waals surface area contributed by atoms with Crippen LogP contribution in [-0.2, 0) is 14.3 Å². The van der Waals surface area contributed by atoms with Gasteiger partial charge in [0.25, 0.3) is 0 Å². The number of fused-ring (bicyclic) bond motifs is 3. The zero-order chi connectivity index (χ0) is 24.3. The second-order valence-corrected chi connectivity index (χ2v) is 9.78. The van der Waals surface area contributed by atoms with Gasteiger partial charge in [-0.05, 0) is 54.9 Å². The van der Waals surface area contributed by atoms with Gasteiger partial charge in [-0.1, -0.05) is 61.4 Å². The first kappa shape index (κ1) is 23.8. The summed E-state index contributed by atoms with van der Waals surface area (Å²) in [7, 11) is 0. The Balaban J connectivity index is 1.34. The van der Waals surface area contributed by atoms with Gasteiger partial charge in [-0.15, -0.1) is 0 Å². The Hall–Kier alpha value is -3.35. The monoisotopic (exact) mass is 464 g/mol. The molecule has 2 aromatic carbocycles. The summed E-state index contributed by atoms with van der Waals surface area (Å²) >= 11 is 0. The third-order valence-electron chi connectivity index (χ3n) is 7.07. The number of hydrogen-bond acceptors (Lipinski definition) is 4. The third-order valence-corrected chi connectivity index (χ3v) is 7.07. The fourth-order valence-corrected chi connectivity index (χ4v) is 5.12. The van der Waals surface area contributed by atoms with Crippen molar-refractivity contribution in [2.45, 2.75) is 51.0 Å². The minimum absolute atomic E-state index is 0.00962. The molecule has 0 bridgehead atoms. The number of alkyl carbamates (subject to hydrolysis) is 1. The lowest BCUT2D eigenvalue weighted by molar-refractivity contribution is -0.147. The highest BCUT2D eigenvalue weighted by Gasteiger charge is 2.36. The maximum absolute atomic E-state index is 12.8. The van der Waals surface area contributed by atoms with E-state index in [2.05, 4.69) is 34.9 Å². The average Bonchev–Trinajstić information content (AvgIpc) is 3.15. The van der Waals surface area contributed by atoms with Gasteiger partial charge in [-0.25, -0.2) is 9.59 Å². The van der Waals surface area contributed by atoms with Crippen molar-refractivity contribution in [2.75, 3.05) is 13.2 Å². The van der Waals surface area contributed by atoms with E-state index in [-0.39, 0.29) is 30.3 Å². The van der Waals surface area contributed by atoms with Crippen LogP contribution in [-0.4, -0.2) is 41.8 Å². The Morgan fingerprint density at radius 2 is 1.56 bits per heavy atom. The Kier molecular flexibility index (Phi) is 6.91. The lowest BCUT2D eigenvalue weighted by Gasteiger charge is -2.33. The smallest absolute Gasteiger partial charge is 0.407 e. The molecule has 7 nitrogen and oxygen atoms in total. The lowest BCUT2D eigenvalue weighted by Crippen LogP contribution is -2.53. The highest BCUT2D eigenvalue weighted by molar-refractivity contribution is 5.87. The third kappa shape index (κ3) is 4.93. The van der Waals surface area contributed by atoms with E-state index >= 15 is 0 Å². The molecule has 2 aromatic rings. The van der Waals surface area contributed by atoms with E-state index in [0.29, 0.717) is 13.0 Å². The van der Waals surface area contributed by atoms with Crippen molar-refractivity contribution in [3.63, 3.8) is 0 Å². The number of amides is 2. The van der Waals surface area contributed by atoms with Gasteiger partial charge < -0.3 is 20.5 Å². The molecular weight excluding hydrogens is 432 g/mol. The van der Waals surface area contributed by atoms with Crippen LogP contribution in [0.1, 0.15) is 56.6 Å². The molecule has 0 spiro atoms. The molecule has 0 aromatic heterocycles. The summed E-state index contributed by atoms with van der Waals surface area (Å²) in [4.78, 5) is 36.7. The Labute approximate surface area is 199 Å². The summed E-state index contributed by atoms with van der Waals surface area (Å²) in [6, 6.07) is 16.4. The molecule has 4 rings (SSSR count). The van der Waals surface area contributed by atoms with Crippen molar-refractivity contribution in [3.8, 4) is 11.1 Å². The molecule has 2 amide bonds. The van der Waals surface area contributed by atoms with Crippen LogP contribution in [0.2, 0.25) is 0 Å². The summed E-state index contributed by atoms with van der Waals surface area (Å²) in [6.45, 7) is 3.50. The van der Waals surface area contributed by atoms with Crippen LogP contribution < -0.4 is 10.6 Å². The van der Waals surface area contributed by atoms with Crippen LogP contribution in [0.4, 0.5) is 4.79 Å². The van der Waals surface area contributed by atoms with Crippen LogP contribution in [0, 0.1) is 11.8 Å². The fourth-order valence-electron chi connectivity index (χ4n) is 5.12. The molecule has 0 saturated heterocycles. The summed E-state index contributed by atoms with van der Waals surface area (Å²) in [5.74, 6) is -1.75. The second-order valence-electron chi connectivity index (χ2n) is 9.78. The minimum Gasteiger partial charge on any atom is -0.480 e. The molecule has 180 valence electrons. The van der Waals surface area contributed by atoms with Gasteiger partial charge in [0, 0.05) is 18.4 Å². The Morgan fingerprint density at radius 1 is 0.971 bits per heavy atom. The number of ether oxygens (including phenoxy) is 1. The first-order chi connectivity index (χ1) is 16.3. The van der Waals surface area contributed by atoms with Gasteiger partial charge >= 0.3 is 12.1 Å². The van der Waals surface area contributed by atoms with Crippen LogP contribution >= 0.6 is 0 Å². The molecule has 0 heterocycles. The number of carbonyl (C=O) groups excluding carboxylic acids is 2.